The minimum absolute atomic E-state index is 0.367. The summed E-state index contributed by atoms with van der Waals surface area (Å²) in [5.74, 6) is 0.549. The number of benzene rings is 1. The molecule has 0 spiro atoms. The average molecular weight is 289 g/mol. The highest BCUT2D eigenvalue weighted by molar-refractivity contribution is 5.65. The van der Waals surface area contributed by atoms with Gasteiger partial charge in [0.15, 0.2) is 0 Å². The fourth-order valence-corrected chi connectivity index (χ4v) is 2.74. The number of hydrogen-bond acceptors (Lipinski definition) is 2. The second-order valence-corrected chi connectivity index (χ2v) is 6.42. The standard InChI is InChI=1S/C19H31NO/c1-6-8-13-20(5)19(7-2,15-21)14-17-9-11-18(12-10-17)16(3)4/h9-12,15-16H,6-8,13-14H2,1-5H3. The molecule has 0 saturated carbocycles. The van der Waals surface area contributed by atoms with E-state index >= 15 is 0 Å². The molecule has 21 heavy (non-hydrogen) atoms. The van der Waals surface area contributed by atoms with E-state index in [0.29, 0.717) is 5.92 Å². The fraction of sp³-hybridized carbons (Fsp3) is 0.632. The third kappa shape index (κ3) is 4.67. The number of nitrogens with zero attached hydrogens (tertiary/aromatic N) is 1. The van der Waals surface area contributed by atoms with Gasteiger partial charge in [-0.25, -0.2) is 0 Å². The lowest BCUT2D eigenvalue weighted by atomic mass is 9.87. The van der Waals surface area contributed by atoms with Crippen molar-refractivity contribution in [2.24, 2.45) is 0 Å². The zero-order valence-corrected chi connectivity index (χ0v) is 14.4. The van der Waals surface area contributed by atoms with Crippen LogP contribution < -0.4 is 0 Å². The first kappa shape index (κ1) is 17.9. The summed E-state index contributed by atoms with van der Waals surface area (Å²) in [5.41, 5.74) is 2.23. The largest absolute Gasteiger partial charge is 0.301 e. The predicted octanol–water partition coefficient (Wildman–Crippen LogP) is 4.43. The lowest BCUT2D eigenvalue weighted by Crippen LogP contribution is -2.49. The van der Waals surface area contributed by atoms with Gasteiger partial charge in [0.05, 0.1) is 5.54 Å². The van der Waals surface area contributed by atoms with E-state index in [9.17, 15) is 4.79 Å². The van der Waals surface area contributed by atoms with Crippen molar-refractivity contribution in [2.75, 3.05) is 13.6 Å². The molecule has 0 aromatic heterocycles. The summed E-state index contributed by atoms with van der Waals surface area (Å²) in [6.45, 7) is 9.68. The lowest BCUT2D eigenvalue weighted by molar-refractivity contribution is -0.118. The molecule has 0 saturated heterocycles. The highest BCUT2D eigenvalue weighted by Crippen LogP contribution is 2.24. The number of likely N-dealkylation sites (N-methyl/N-ethyl adjacent to an activating group) is 1. The molecule has 1 unspecified atom stereocenters. The second kappa shape index (κ2) is 8.33. The van der Waals surface area contributed by atoms with E-state index in [-0.39, 0.29) is 5.54 Å². The molecule has 1 atom stereocenters. The van der Waals surface area contributed by atoms with Crippen LogP contribution in [0.1, 0.15) is 64.0 Å². The zero-order valence-electron chi connectivity index (χ0n) is 14.4. The van der Waals surface area contributed by atoms with Gasteiger partial charge in [-0.15, -0.1) is 0 Å². The number of aldehydes is 1. The van der Waals surface area contributed by atoms with Crippen LogP contribution >= 0.6 is 0 Å². The maximum Gasteiger partial charge on any atom is 0.140 e. The van der Waals surface area contributed by atoms with Crippen molar-refractivity contribution >= 4 is 6.29 Å². The molecule has 0 radical (unpaired) electrons. The maximum atomic E-state index is 11.8. The van der Waals surface area contributed by atoms with Crippen LogP contribution in [-0.2, 0) is 11.2 Å². The van der Waals surface area contributed by atoms with Gasteiger partial charge < -0.3 is 4.79 Å². The first-order chi connectivity index (χ1) is 9.99. The van der Waals surface area contributed by atoms with Crippen LogP contribution in [0.2, 0.25) is 0 Å². The Morgan fingerprint density at radius 2 is 1.81 bits per heavy atom. The van der Waals surface area contributed by atoms with Crippen LogP contribution in [0.3, 0.4) is 0 Å². The number of hydrogen-bond donors (Lipinski definition) is 0. The topological polar surface area (TPSA) is 20.3 Å². The van der Waals surface area contributed by atoms with Crippen LogP contribution in [0.5, 0.6) is 0 Å². The molecule has 0 aliphatic heterocycles. The maximum absolute atomic E-state index is 11.8. The summed E-state index contributed by atoms with van der Waals surface area (Å²) >= 11 is 0. The number of carbonyl (C=O) groups is 1. The van der Waals surface area contributed by atoms with E-state index in [0.717, 1.165) is 38.5 Å². The summed E-state index contributed by atoms with van der Waals surface area (Å²) in [6, 6.07) is 8.74. The molecule has 0 aliphatic rings. The lowest BCUT2D eigenvalue weighted by Gasteiger charge is -2.37. The van der Waals surface area contributed by atoms with Gasteiger partial charge in [-0.2, -0.15) is 0 Å². The SMILES string of the molecule is CCCCN(C)C(C=O)(CC)Cc1ccc(C(C)C)cc1. The van der Waals surface area contributed by atoms with E-state index in [2.05, 4.69) is 63.9 Å². The summed E-state index contributed by atoms with van der Waals surface area (Å²) in [5, 5.41) is 0. The number of carbonyl (C=O) groups excluding carboxylic acids is 1. The van der Waals surface area contributed by atoms with Gasteiger partial charge in [-0.05, 0) is 49.9 Å². The van der Waals surface area contributed by atoms with E-state index in [4.69, 9.17) is 0 Å². The molecule has 2 heteroatoms. The van der Waals surface area contributed by atoms with E-state index in [1.54, 1.807) is 0 Å². The van der Waals surface area contributed by atoms with Crippen LogP contribution in [0.4, 0.5) is 0 Å². The molecule has 0 N–H and O–H groups in total. The Labute approximate surface area is 130 Å². The van der Waals surface area contributed by atoms with Crippen LogP contribution in [0, 0.1) is 0 Å². The number of rotatable bonds is 9. The van der Waals surface area contributed by atoms with Crippen molar-refractivity contribution in [1.29, 1.82) is 0 Å². The molecule has 2 nitrogen and oxygen atoms in total. The van der Waals surface area contributed by atoms with Crippen molar-refractivity contribution < 1.29 is 4.79 Å². The molecule has 0 amide bonds. The molecular formula is C19H31NO. The molecule has 0 bridgehead atoms. The van der Waals surface area contributed by atoms with Crippen molar-refractivity contribution in [1.82, 2.24) is 4.90 Å². The van der Waals surface area contributed by atoms with Crippen LogP contribution in [0.25, 0.3) is 0 Å². The minimum atomic E-state index is -0.367. The van der Waals surface area contributed by atoms with Crippen LogP contribution in [0.15, 0.2) is 24.3 Å². The van der Waals surface area contributed by atoms with E-state index in [1.807, 2.05) is 0 Å². The smallest absolute Gasteiger partial charge is 0.140 e. The van der Waals surface area contributed by atoms with Crippen molar-refractivity contribution in [3.63, 3.8) is 0 Å². The molecule has 0 fully saturated rings. The zero-order chi connectivity index (χ0) is 15.9. The van der Waals surface area contributed by atoms with Gasteiger partial charge in [-0.3, -0.25) is 4.90 Å². The van der Waals surface area contributed by atoms with Gasteiger partial charge >= 0.3 is 0 Å². The third-order valence-electron chi connectivity index (χ3n) is 4.60. The Bertz CT molecular complexity index is 424. The van der Waals surface area contributed by atoms with Crippen molar-refractivity contribution in [3.8, 4) is 0 Å². The summed E-state index contributed by atoms with van der Waals surface area (Å²) in [7, 11) is 2.08. The molecular weight excluding hydrogens is 258 g/mol. The van der Waals surface area contributed by atoms with Gasteiger partial charge in [0.2, 0.25) is 0 Å². The Kier molecular flexibility index (Phi) is 7.10. The summed E-state index contributed by atoms with van der Waals surface area (Å²) < 4.78 is 0. The molecule has 0 heterocycles. The average Bonchev–Trinajstić information content (AvgIpc) is 2.50. The van der Waals surface area contributed by atoms with Gasteiger partial charge in [0.1, 0.15) is 6.29 Å². The molecule has 1 rings (SSSR count). The first-order valence-corrected chi connectivity index (χ1v) is 8.25. The van der Waals surface area contributed by atoms with Crippen LogP contribution in [-0.4, -0.2) is 30.3 Å². The Morgan fingerprint density at radius 3 is 2.24 bits per heavy atom. The monoisotopic (exact) mass is 289 g/mol. The highest BCUT2D eigenvalue weighted by Gasteiger charge is 2.32. The Hall–Kier alpha value is -1.15. The molecule has 1 aromatic rings. The predicted molar refractivity (Wildman–Crippen MR) is 90.9 cm³/mol. The fourth-order valence-electron chi connectivity index (χ4n) is 2.74. The van der Waals surface area contributed by atoms with Crippen molar-refractivity contribution in [3.05, 3.63) is 35.4 Å². The third-order valence-corrected chi connectivity index (χ3v) is 4.60. The van der Waals surface area contributed by atoms with Crippen molar-refractivity contribution in [2.45, 2.75) is 64.8 Å². The number of unbranched alkanes of at least 4 members (excludes halogenated alkanes) is 1. The second-order valence-electron chi connectivity index (χ2n) is 6.42. The minimum Gasteiger partial charge on any atom is -0.301 e. The highest BCUT2D eigenvalue weighted by atomic mass is 16.1. The van der Waals surface area contributed by atoms with Gasteiger partial charge in [0.25, 0.3) is 0 Å². The van der Waals surface area contributed by atoms with Gasteiger partial charge in [-0.1, -0.05) is 58.4 Å². The summed E-state index contributed by atoms with van der Waals surface area (Å²) in [6.07, 6.45) is 5.09. The molecule has 118 valence electrons. The first-order valence-electron chi connectivity index (χ1n) is 8.25. The Morgan fingerprint density at radius 1 is 1.19 bits per heavy atom. The normalized spacial score (nSPS) is 14.4. The summed E-state index contributed by atoms with van der Waals surface area (Å²) in [4.78, 5) is 14.0. The van der Waals surface area contributed by atoms with Gasteiger partial charge in [0, 0.05) is 0 Å². The Balaban J connectivity index is 2.88. The molecule has 0 aliphatic carbocycles. The quantitative estimate of drug-likeness (QED) is 0.627. The van der Waals surface area contributed by atoms with E-state index < -0.39 is 0 Å². The van der Waals surface area contributed by atoms with E-state index in [1.165, 1.54) is 11.1 Å². The molecule has 1 aromatic carbocycles.